The molecule has 124 valence electrons. The summed E-state index contributed by atoms with van der Waals surface area (Å²) in [5.74, 6) is 0.442. The summed E-state index contributed by atoms with van der Waals surface area (Å²) in [6.45, 7) is 14.4. The van der Waals surface area contributed by atoms with Gasteiger partial charge in [0.2, 0.25) is 14.2 Å². The minimum absolute atomic E-state index is 0.00139. The zero-order valence-electron chi connectivity index (χ0n) is 14.4. The van der Waals surface area contributed by atoms with Gasteiger partial charge in [0.25, 0.3) is 0 Å². The standard InChI is InChI=1S/C14H26N2O3SSi2/c1-9-8-20-13-10(15-21(2,3)4)12(17)16(13)11(9)14(18)19-22(5,6)7/h10,13,15H,8H2,1-7H3. The highest BCUT2D eigenvalue weighted by atomic mass is 32.2. The molecule has 0 aromatic heterocycles. The molecule has 5 nitrogen and oxygen atoms in total. The Morgan fingerprint density at radius 3 is 2.36 bits per heavy atom. The van der Waals surface area contributed by atoms with Crippen LogP contribution in [-0.4, -0.2) is 50.5 Å². The summed E-state index contributed by atoms with van der Waals surface area (Å²) in [5.41, 5.74) is 1.41. The van der Waals surface area contributed by atoms with Crippen molar-refractivity contribution in [2.75, 3.05) is 5.75 Å². The molecule has 0 bridgehead atoms. The van der Waals surface area contributed by atoms with Crippen LogP contribution in [0, 0.1) is 0 Å². The van der Waals surface area contributed by atoms with Crippen molar-refractivity contribution in [3.8, 4) is 0 Å². The van der Waals surface area contributed by atoms with Crippen molar-refractivity contribution in [3.05, 3.63) is 11.3 Å². The van der Waals surface area contributed by atoms with Gasteiger partial charge in [-0.2, -0.15) is 0 Å². The van der Waals surface area contributed by atoms with Crippen molar-refractivity contribution in [1.82, 2.24) is 9.88 Å². The first-order valence-corrected chi connectivity index (χ1v) is 15.5. The van der Waals surface area contributed by atoms with Gasteiger partial charge < -0.3 is 9.41 Å². The van der Waals surface area contributed by atoms with E-state index in [2.05, 4.69) is 24.6 Å². The molecule has 0 radical (unpaired) electrons. The predicted molar refractivity (Wildman–Crippen MR) is 95.5 cm³/mol. The average molecular weight is 359 g/mol. The number of amides is 1. The topological polar surface area (TPSA) is 58.6 Å². The summed E-state index contributed by atoms with van der Waals surface area (Å²) in [6.07, 6.45) is 0. The van der Waals surface area contributed by atoms with E-state index in [1.54, 1.807) is 16.7 Å². The zero-order chi connectivity index (χ0) is 16.9. The first-order valence-electron chi connectivity index (χ1n) is 7.56. The van der Waals surface area contributed by atoms with Crippen LogP contribution in [0.1, 0.15) is 6.92 Å². The van der Waals surface area contributed by atoms with Crippen LogP contribution in [0.4, 0.5) is 0 Å². The van der Waals surface area contributed by atoms with E-state index in [0.717, 1.165) is 11.3 Å². The van der Waals surface area contributed by atoms with Crippen LogP contribution < -0.4 is 4.98 Å². The molecule has 0 aliphatic carbocycles. The third kappa shape index (κ3) is 3.66. The van der Waals surface area contributed by atoms with Gasteiger partial charge in [-0.05, 0) is 32.1 Å². The lowest BCUT2D eigenvalue weighted by atomic mass is 10.0. The van der Waals surface area contributed by atoms with Crippen LogP contribution in [0.5, 0.6) is 0 Å². The molecular formula is C14H26N2O3SSi2. The SMILES string of the molecule is CC1=C(C(=O)O[Si](C)(C)C)N2C(=O)C(N[Si](C)(C)C)C2SC1. The molecule has 0 saturated carbocycles. The number of rotatable bonds is 4. The molecule has 1 fully saturated rings. The third-order valence-electron chi connectivity index (χ3n) is 3.34. The normalized spacial score (nSPS) is 25.8. The van der Waals surface area contributed by atoms with Crippen LogP contribution in [0.2, 0.25) is 39.3 Å². The molecule has 2 rings (SSSR count). The van der Waals surface area contributed by atoms with Crippen molar-refractivity contribution in [3.63, 3.8) is 0 Å². The zero-order valence-corrected chi connectivity index (χ0v) is 17.3. The second kappa shape index (κ2) is 5.81. The summed E-state index contributed by atoms with van der Waals surface area (Å²) < 4.78 is 5.61. The predicted octanol–water partition coefficient (Wildman–Crippen LogP) is 2.35. The molecule has 2 atom stereocenters. The summed E-state index contributed by atoms with van der Waals surface area (Å²) >= 11 is 1.72. The molecule has 1 amide bonds. The van der Waals surface area contributed by atoms with Crippen molar-refractivity contribution >= 4 is 40.2 Å². The number of β-lactam (4-membered cyclic amide) rings is 1. The summed E-state index contributed by atoms with van der Waals surface area (Å²) in [4.78, 5) is 30.2. The molecule has 0 spiro atoms. The number of thioether (sulfide) groups is 1. The third-order valence-corrected chi connectivity index (χ3v) is 6.74. The second-order valence-corrected chi connectivity index (χ2v) is 18.2. The van der Waals surface area contributed by atoms with Gasteiger partial charge in [0.1, 0.15) is 25.3 Å². The fourth-order valence-electron chi connectivity index (χ4n) is 2.56. The maximum Gasteiger partial charge on any atom is 0.341 e. The van der Waals surface area contributed by atoms with E-state index >= 15 is 0 Å². The smallest absolute Gasteiger partial charge is 0.341 e. The van der Waals surface area contributed by atoms with Crippen molar-refractivity contribution in [2.45, 2.75) is 57.6 Å². The van der Waals surface area contributed by atoms with Gasteiger partial charge >= 0.3 is 5.97 Å². The molecule has 8 heteroatoms. The molecule has 2 unspecified atom stereocenters. The van der Waals surface area contributed by atoms with Crippen LogP contribution in [0.15, 0.2) is 11.3 Å². The number of carbonyl (C=O) groups is 2. The van der Waals surface area contributed by atoms with E-state index in [9.17, 15) is 9.59 Å². The second-order valence-electron chi connectivity index (χ2n) is 7.91. The Kier molecular flexibility index (Phi) is 4.69. The minimum Gasteiger partial charge on any atom is -0.515 e. The molecule has 2 aliphatic heterocycles. The number of nitrogens with one attached hydrogen (secondary N) is 1. The summed E-state index contributed by atoms with van der Waals surface area (Å²) in [7, 11) is -3.52. The Bertz CT molecular complexity index is 537. The Hall–Kier alpha value is -0.576. The molecule has 0 aromatic rings. The first-order chi connectivity index (χ1) is 9.91. The van der Waals surface area contributed by atoms with Gasteiger partial charge in [-0.3, -0.25) is 9.69 Å². The molecule has 1 saturated heterocycles. The fraction of sp³-hybridized carbons (Fsp3) is 0.714. The number of hydrogen-bond donors (Lipinski definition) is 1. The van der Waals surface area contributed by atoms with E-state index in [1.807, 2.05) is 26.6 Å². The Labute approximate surface area is 139 Å². The van der Waals surface area contributed by atoms with Crippen LogP contribution >= 0.6 is 11.8 Å². The highest BCUT2D eigenvalue weighted by Crippen LogP contribution is 2.41. The molecule has 0 aromatic carbocycles. The lowest BCUT2D eigenvalue weighted by Gasteiger charge is -2.51. The van der Waals surface area contributed by atoms with Crippen LogP contribution in [0.25, 0.3) is 0 Å². The van der Waals surface area contributed by atoms with Crippen LogP contribution in [0.3, 0.4) is 0 Å². The Balaban J connectivity index is 2.20. The van der Waals surface area contributed by atoms with Crippen molar-refractivity contribution < 1.29 is 14.0 Å². The monoisotopic (exact) mass is 358 g/mol. The lowest BCUT2D eigenvalue weighted by molar-refractivity contribution is -0.147. The average Bonchev–Trinajstić information content (AvgIpc) is 2.32. The number of carbonyl (C=O) groups excluding carboxylic acids is 2. The lowest BCUT2D eigenvalue weighted by Crippen LogP contribution is -2.73. The highest BCUT2D eigenvalue weighted by Gasteiger charge is 2.54. The van der Waals surface area contributed by atoms with Gasteiger partial charge in [0, 0.05) is 5.75 Å². The van der Waals surface area contributed by atoms with E-state index in [1.165, 1.54) is 0 Å². The maximum atomic E-state index is 12.5. The van der Waals surface area contributed by atoms with E-state index < -0.39 is 16.6 Å². The van der Waals surface area contributed by atoms with Crippen LogP contribution in [-0.2, 0) is 14.0 Å². The van der Waals surface area contributed by atoms with Gasteiger partial charge in [-0.15, -0.1) is 11.8 Å². The number of nitrogens with zero attached hydrogens (tertiary/aromatic N) is 1. The highest BCUT2D eigenvalue weighted by molar-refractivity contribution is 8.00. The fourth-order valence-corrected chi connectivity index (χ4v) is 5.84. The van der Waals surface area contributed by atoms with Gasteiger partial charge in [-0.25, -0.2) is 4.79 Å². The van der Waals surface area contributed by atoms with E-state index in [0.29, 0.717) is 5.70 Å². The molecule has 22 heavy (non-hydrogen) atoms. The van der Waals surface area contributed by atoms with Crippen molar-refractivity contribution in [1.29, 1.82) is 0 Å². The maximum absolute atomic E-state index is 12.5. The largest absolute Gasteiger partial charge is 0.515 e. The quantitative estimate of drug-likeness (QED) is 0.617. The molecule has 2 heterocycles. The van der Waals surface area contributed by atoms with Crippen molar-refractivity contribution in [2.24, 2.45) is 0 Å². The minimum atomic E-state index is -1.98. The molecule has 2 aliphatic rings. The van der Waals surface area contributed by atoms with Gasteiger partial charge in [0.15, 0.2) is 0 Å². The number of fused-ring (bicyclic) bond motifs is 1. The Morgan fingerprint density at radius 1 is 1.27 bits per heavy atom. The molecular weight excluding hydrogens is 332 g/mol. The summed E-state index contributed by atoms with van der Waals surface area (Å²) in [5, 5.41) is 0.0205. The number of hydrogen-bond acceptors (Lipinski definition) is 5. The van der Waals surface area contributed by atoms with E-state index in [4.69, 9.17) is 4.43 Å². The van der Waals surface area contributed by atoms with E-state index in [-0.39, 0.29) is 23.3 Å². The Morgan fingerprint density at radius 2 is 1.86 bits per heavy atom. The van der Waals surface area contributed by atoms with Gasteiger partial charge in [0.05, 0.1) is 0 Å². The van der Waals surface area contributed by atoms with Gasteiger partial charge in [-0.1, -0.05) is 19.6 Å². The first kappa shape index (κ1) is 17.8. The summed E-state index contributed by atoms with van der Waals surface area (Å²) in [6, 6.07) is -0.167. The molecule has 1 N–H and O–H groups in total.